The van der Waals surface area contributed by atoms with Crippen LogP contribution in [0.1, 0.15) is 18.4 Å². The van der Waals surface area contributed by atoms with Crippen molar-refractivity contribution in [2.75, 3.05) is 25.5 Å². The molecule has 0 bridgehead atoms. The van der Waals surface area contributed by atoms with Crippen LogP contribution in [-0.2, 0) is 6.54 Å². The van der Waals surface area contributed by atoms with Crippen LogP contribution in [0.4, 0.5) is 10.3 Å². The van der Waals surface area contributed by atoms with E-state index in [9.17, 15) is 4.39 Å². The fraction of sp³-hybridized carbons (Fsp3) is 0.333. The number of aromatic nitrogens is 2. The summed E-state index contributed by atoms with van der Waals surface area (Å²) >= 11 is 0. The lowest BCUT2D eigenvalue weighted by Gasteiger charge is -2.32. The highest BCUT2D eigenvalue weighted by molar-refractivity contribution is 5.53. The average molecular weight is 382 g/mol. The van der Waals surface area contributed by atoms with E-state index in [4.69, 9.17) is 9.26 Å². The number of ether oxygens (including phenoxy) is 1. The Hall–Kier alpha value is -2.93. The molecule has 0 radical (unpaired) electrons. The first-order chi connectivity index (χ1) is 13.7. The van der Waals surface area contributed by atoms with Crippen molar-refractivity contribution in [2.24, 2.45) is 0 Å². The third kappa shape index (κ3) is 4.31. The molecule has 2 aromatic carbocycles. The monoisotopic (exact) mass is 382 g/mol. The molecule has 1 N–H and O–H groups in total. The van der Waals surface area contributed by atoms with Gasteiger partial charge in [-0.25, -0.2) is 4.39 Å². The first kappa shape index (κ1) is 18.4. The van der Waals surface area contributed by atoms with Crippen molar-refractivity contribution in [3.63, 3.8) is 0 Å². The van der Waals surface area contributed by atoms with Gasteiger partial charge in [0.2, 0.25) is 0 Å². The Morgan fingerprint density at radius 1 is 1.18 bits per heavy atom. The topological polar surface area (TPSA) is 63.4 Å². The maximum Gasteiger partial charge on any atom is 0.263 e. The summed E-state index contributed by atoms with van der Waals surface area (Å²) in [6.07, 6.45) is 1.93. The van der Waals surface area contributed by atoms with E-state index in [0.717, 1.165) is 43.6 Å². The molecule has 146 valence electrons. The van der Waals surface area contributed by atoms with Gasteiger partial charge in [-0.1, -0.05) is 24.3 Å². The highest BCUT2D eigenvalue weighted by atomic mass is 19.1. The SMILES string of the molecule is COc1ccc(CN2CCC(Nc3noc(-c4ccccc4)n3)CC2)cc1F. The van der Waals surface area contributed by atoms with Crippen LogP contribution in [0.25, 0.3) is 11.5 Å². The fourth-order valence-electron chi connectivity index (χ4n) is 3.46. The molecule has 0 unspecified atom stereocenters. The minimum absolute atomic E-state index is 0.279. The molecule has 0 saturated carbocycles. The predicted molar refractivity (Wildman–Crippen MR) is 105 cm³/mol. The first-order valence-corrected chi connectivity index (χ1v) is 9.41. The van der Waals surface area contributed by atoms with Crippen LogP contribution in [0.3, 0.4) is 0 Å². The van der Waals surface area contributed by atoms with Gasteiger partial charge in [0.05, 0.1) is 7.11 Å². The van der Waals surface area contributed by atoms with E-state index in [1.165, 1.54) is 7.11 Å². The van der Waals surface area contributed by atoms with E-state index < -0.39 is 0 Å². The highest BCUT2D eigenvalue weighted by Crippen LogP contribution is 2.22. The number of piperidine rings is 1. The summed E-state index contributed by atoms with van der Waals surface area (Å²) in [5.41, 5.74) is 1.86. The van der Waals surface area contributed by atoms with Crippen molar-refractivity contribution in [2.45, 2.75) is 25.4 Å². The van der Waals surface area contributed by atoms with E-state index in [1.54, 1.807) is 12.1 Å². The van der Waals surface area contributed by atoms with E-state index in [-0.39, 0.29) is 11.6 Å². The Morgan fingerprint density at radius 2 is 1.96 bits per heavy atom. The Bertz CT molecular complexity index is 908. The van der Waals surface area contributed by atoms with Gasteiger partial charge in [0.15, 0.2) is 11.6 Å². The molecule has 0 atom stereocenters. The minimum atomic E-state index is -0.317. The molecule has 4 rings (SSSR count). The van der Waals surface area contributed by atoms with Gasteiger partial charge in [0, 0.05) is 31.2 Å². The number of anilines is 1. The summed E-state index contributed by atoms with van der Waals surface area (Å²) in [6, 6.07) is 15.2. The molecular weight excluding hydrogens is 359 g/mol. The zero-order valence-corrected chi connectivity index (χ0v) is 15.8. The molecule has 2 heterocycles. The van der Waals surface area contributed by atoms with Crippen molar-refractivity contribution in [3.8, 4) is 17.2 Å². The van der Waals surface area contributed by atoms with Crippen LogP contribution in [0.5, 0.6) is 5.75 Å². The number of halogens is 1. The molecule has 0 aliphatic carbocycles. The number of nitrogens with zero attached hydrogens (tertiary/aromatic N) is 3. The molecule has 3 aromatic rings. The van der Waals surface area contributed by atoms with Crippen LogP contribution in [0, 0.1) is 5.82 Å². The van der Waals surface area contributed by atoms with E-state index in [2.05, 4.69) is 20.4 Å². The number of methoxy groups -OCH3 is 1. The minimum Gasteiger partial charge on any atom is -0.494 e. The lowest BCUT2D eigenvalue weighted by molar-refractivity contribution is 0.210. The second-order valence-electron chi connectivity index (χ2n) is 6.95. The van der Waals surface area contributed by atoms with Crippen molar-refractivity contribution in [1.29, 1.82) is 0 Å². The van der Waals surface area contributed by atoms with E-state index in [0.29, 0.717) is 17.9 Å². The zero-order chi connectivity index (χ0) is 19.3. The van der Waals surface area contributed by atoms with Gasteiger partial charge in [0.25, 0.3) is 11.8 Å². The second kappa shape index (κ2) is 8.39. The third-order valence-corrected chi connectivity index (χ3v) is 4.99. The first-order valence-electron chi connectivity index (χ1n) is 9.41. The second-order valence-corrected chi connectivity index (χ2v) is 6.95. The molecule has 28 heavy (non-hydrogen) atoms. The molecule has 1 aliphatic rings. The van der Waals surface area contributed by atoms with Gasteiger partial charge in [0.1, 0.15) is 0 Å². The lowest BCUT2D eigenvalue weighted by atomic mass is 10.0. The Morgan fingerprint density at radius 3 is 2.68 bits per heavy atom. The molecule has 1 fully saturated rings. The van der Waals surface area contributed by atoms with Crippen LogP contribution >= 0.6 is 0 Å². The van der Waals surface area contributed by atoms with Gasteiger partial charge in [-0.15, -0.1) is 0 Å². The summed E-state index contributed by atoms with van der Waals surface area (Å²) in [5.74, 6) is 1.00. The maximum absolute atomic E-state index is 13.9. The molecule has 1 aromatic heterocycles. The Balaban J connectivity index is 1.29. The smallest absolute Gasteiger partial charge is 0.263 e. The number of hydrogen-bond acceptors (Lipinski definition) is 6. The Labute approximate surface area is 163 Å². The number of benzene rings is 2. The quantitative estimate of drug-likeness (QED) is 0.696. The fourth-order valence-corrected chi connectivity index (χ4v) is 3.46. The standard InChI is InChI=1S/C21H23FN4O2/c1-27-19-8-7-15(13-18(19)22)14-26-11-9-17(10-12-26)23-21-24-20(28-25-21)16-5-3-2-4-6-16/h2-8,13,17H,9-12,14H2,1H3,(H,23,25). The lowest BCUT2D eigenvalue weighted by Crippen LogP contribution is -2.38. The van der Waals surface area contributed by atoms with Gasteiger partial charge < -0.3 is 14.6 Å². The molecule has 0 spiro atoms. The van der Waals surface area contributed by atoms with Crippen LogP contribution in [-0.4, -0.2) is 41.3 Å². The van der Waals surface area contributed by atoms with Crippen LogP contribution in [0.15, 0.2) is 53.1 Å². The zero-order valence-electron chi connectivity index (χ0n) is 15.8. The molecule has 0 amide bonds. The average Bonchev–Trinajstić information content (AvgIpc) is 3.19. The van der Waals surface area contributed by atoms with Crippen LogP contribution < -0.4 is 10.1 Å². The van der Waals surface area contributed by atoms with Gasteiger partial charge in [-0.3, -0.25) is 4.90 Å². The van der Waals surface area contributed by atoms with E-state index >= 15 is 0 Å². The molecular formula is C21H23FN4O2. The largest absolute Gasteiger partial charge is 0.494 e. The van der Waals surface area contributed by atoms with E-state index in [1.807, 2.05) is 36.4 Å². The summed E-state index contributed by atoms with van der Waals surface area (Å²) in [6.45, 7) is 2.58. The summed E-state index contributed by atoms with van der Waals surface area (Å²) in [4.78, 5) is 6.76. The Kier molecular flexibility index (Phi) is 5.53. The van der Waals surface area contributed by atoms with Gasteiger partial charge in [-0.05, 0) is 47.8 Å². The van der Waals surface area contributed by atoms with Crippen molar-refractivity contribution >= 4 is 5.95 Å². The third-order valence-electron chi connectivity index (χ3n) is 4.99. The molecule has 1 aliphatic heterocycles. The molecule has 1 saturated heterocycles. The predicted octanol–water partition coefficient (Wildman–Crippen LogP) is 3.96. The molecule has 6 nitrogen and oxygen atoms in total. The highest BCUT2D eigenvalue weighted by Gasteiger charge is 2.21. The normalized spacial score (nSPS) is 15.5. The maximum atomic E-state index is 13.9. The summed E-state index contributed by atoms with van der Waals surface area (Å²) in [7, 11) is 1.47. The number of hydrogen-bond donors (Lipinski definition) is 1. The number of nitrogens with one attached hydrogen (secondary N) is 1. The van der Waals surface area contributed by atoms with Crippen molar-refractivity contribution in [3.05, 3.63) is 59.9 Å². The summed E-state index contributed by atoms with van der Waals surface area (Å²) in [5, 5.41) is 7.40. The number of likely N-dealkylation sites (tertiary alicyclic amines) is 1. The number of rotatable bonds is 6. The van der Waals surface area contributed by atoms with Crippen molar-refractivity contribution < 1.29 is 13.7 Å². The van der Waals surface area contributed by atoms with Crippen molar-refractivity contribution in [1.82, 2.24) is 15.0 Å². The molecule has 7 heteroatoms. The van der Waals surface area contributed by atoms with Crippen LogP contribution in [0.2, 0.25) is 0 Å². The summed E-state index contributed by atoms with van der Waals surface area (Å²) < 4.78 is 24.2. The van der Waals surface area contributed by atoms with Gasteiger partial charge >= 0.3 is 0 Å². The van der Waals surface area contributed by atoms with Gasteiger partial charge in [-0.2, -0.15) is 4.98 Å².